The van der Waals surface area contributed by atoms with Gasteiger partial charge in [0.15, 0.2) is 11.5 Å². The Balaban J connectivity index is 2.28. The first-order valence-corrected chi connectivity index (χ1v) is 4.17. The molecule has 1 aromatic heterocycles. The highest BCUT2D eigenvalue weighted by Crippen LogP contribution is 2.26. The largest absolute Gasteiger partial charge is 0.504 e. The Kier molecular flexibility index (Phi) is 2.32. The molecule has 6 nitrogen and oxygen atoms in total. The van der Waals surface area contributed by atoms with E-state index in [1.807, 2.05) is 0 Å². The lowest BCUT2D eigenvalue weighted by molar-refractivity contribution is 0.403. The maximum Gasteiger partial charge on any atom is 0.166 e. The molecule has 0 atom stereocenters. The van der Waals surface area contributed by atoms with Crippen LogP contribution in [-0.4, -0.2) is 31.3 Å². The topological polar surface area (TPSA) is 83.5 Å². The normalized spacial score (nSPS) is 10.9. The van der Waals surface area contributed by atoms with Crippen LogP contribution < -0.4 is 0 Å². The van der Waals surface area contributed by atoms with Crippen LogP contribution in [0.2, 0.25) is 0 Å². The van der Waals surface area contributed by atoms with Gasteiger partial charge in [0.25, 0.3) is 0 Å². The zero-order valence-electron chi connectivity index (χ0n) is 7.65. The Labute approximate surface area is 85.1 Å². The molecule has 0 saturated heterocycles. The lowest BCUT2D eigenvalue weighted by Gasteiger charge is -1.99. The summed E-state index contributed by atoms with van der Waals surface area (Å²) >= 11 is 0. The van der Waals surface area contributed by atoms with Crippen molar-refractivity contribution in [3.05, 3.63) is 36.4 Å². The van der Waals surface area contributed by atoms with Crippen molar-refractivity contribution in [2.24, 2.45) is 5.10 Å². The quantitative estimate of drug-likeness (QED) is 0.553. The van der Waals surface area contributed by atoms with Gasteiger partial charge in [-0.1, -0.05) is 6.07 Å². The van der Waals surface area contributed by atoms with Gasteiger partial charge in [-0.25, -0.2) is 4.68 Å². The summed E-state index contributed by atoms with van der Waals surface area (Å²) in [4.78, 5) is 0. The van der Waals surface area contributed by atoms with Gasteiger partial charge in [0, 0.05) is 5.56 Å². The third-order valence-corrected chi connectivity index (χ3v) is 1.78. The van der Waals surface area contributed by atoms with E-state index in [4.69, 9.17) is 0 Å². The number of hydrogen-bond donors (Lipinski definition) is 2. The third-order valence-electron chi connectivity index (χ3n) is 1.78. The monoisotopic (exact) mass is 204 g/mol. The van der Waals surface area contributed by atoms with Crippen molar-refractivity contribution in [3.63, 3.8) is 0 Å². The number of para-hydroxylation sites is 1. The van der Waals surface area contributed by atoms with Gasteiger partial charge < -0.3 is 10.2 Å². The fourth-order valence-corrected chi connectivity index (χ4v) is 1.04. The van der Waals surface area contributed by atoms with E-state index in [1.54, 1.807) is 12.1 Å². The highest BCUT2D eigenvalue weighted by molar-refractivity contribution is 5.84. The summed E-state index contributed by atoms with van der Waals surface area (Å²) in [7, 11) is 0. The third kappa shape index (κ3) is 1.93. The maximum atomic E-state index is 9.44. The van der Waals surface area contributed by atoms with E-state index in [2.05, 4.69) is 15.3 Å². The molecule has 0 spiro atoms. The van der Waals surface area contributed by atoms with Gasteiger partial charge in [-0.15, -0.1) is 10.2 Å². The van der Waals surface area contributed by atoms with Crippen LogP contribution in [0.15, 0.2) is 36.0 Å². The lowest BCUT2D eigenvalue weighted by atomic mass is 10.2. The molecular formula is C9H8N4O2. The van der Waals surface area contributed by atoms with Gasteiger partial charge in [0.2, 0.25) is 0 Å². The highest BCUT2D eigenvalue weighted by atomic mass is 16.3. The minimum Gasteiger partial charge on any atom is -0.504 e. The molecule has 2 aromatic rings. The fourth-order valence-electron chi connectivity index (χ4n) is 1.04. The van der Waals surface area contributed by atoms with Crippen LogP contribution in [0.5, 0.6) is 11.5 Å². The number of aromatic nitrogens is 3. The van der Waals surface area contributed by atoms with Gasteiger partial charge in [0.1, 0.15) is 12.7 Å². The van der Waals surface area contributed by atoms with E-state index >= 15 is 0 Å². The molecule has 0 radical (unpaired) electrons. The predicted octanol–water partition coefficient (Wildman–Crippen LogP) is 0.571. The van der Waals surface area contributed by atoms with Crippen LogP contribution in [0.1, 0.15) is 5.56 Å². The van der Waals surface area contributed by atoms with E-state index in [-0.39, 0.29) is 11.5 Å². The van der Waals surface area contributed by atoms with Crippen molar-refractivity contribution in [3.8, 4) is 11.5 Å². The zero-order valence-corrected chi connectivity index (χ0v) is 7.65. The number of rotatable bonds is 2. The van der Waals surface area contributed by atoms with Crippen LogP contribution >= 0.6 is 0 Å². The average Bonchev–Trinajstić information content (AvgIpc) is 2.73. The van der Waals surface area contributed by atoms with Crippen molar-refractivity contribution in [2.45, 2.75) is 0 Å². The van der Waals surface area contributed by atoms with Crippen LogP contribution in [0.4, 0.5) is 0 Å². The average molecular weight is 204 g/mol. The Morgan fingerprint density at radius 2 is 1.93 bits per heavy atom. The lowest BCUT2D eigenvalue weighted by Crippen LogP contribution is -1.87. The summed E-state index contributed by atoms with van der Waals surface area (Å²) in [6, 6.07) is 4.64. The van der Waals surface area contributed by atoms with Gasteiger partial charge in [0.05, 0.1) is 6.21 Å². The van der Waals surface area contributed by atoms with Gasteiger partial charge in [-0.05, 0) is 12.1 Å². The zero-order chi connectivity index (χ0) is 10.7. The van der Waals surface area contributed by atoms with Gasteiger partial charge in [-0.2, -0.15) is 5.10 Å². The number of benzene rings is 1. The Hall–Kier alpha value is -2.37. The number of aromatic hydroxyl groups is 2. The molecule has 0 aliphatic rings. The summed E-state index contributed by atoms with van der Waals surface area (Å²) in [6.45, 7) is 0. The fraction of sp³-hybridized carbons (Fsp3) is 0. The summed E-state index contributed by atoms with van der Waals surface area (Å²) in [5.74, 6) is -0.378. The van der Waals surface area contributed by atoms with E-state index in [0.717, 1.165) is 0 Å². The predicted molar refractivity (Wildman–Crippen MR) is 52.8 cm³/mol. The molecule has 2 rings (SSSR count). The van der Waals surface area contributed by atoms with Crippen molar-refractivity contribution in [2.75, 3.05) is 0 Å². The van der Waals surface area contributed by atoms with Gasteiger partial charge in [-0.3, -0.25) is 0 Å². The molecule has 1 aromatic carbocycles. The molecule has 2 N–H and O–H groups in total. The molecular weight excluding hydrogens is 196 g/mol. The molecule has 6 heteroatoms. The molecule has 76 valence electrons. The smallest absolute Gasteiger partial charge is 0.166 e. The molecule has 0 aliphatic carbocycles. The Bertz CT molecular complexity index is 479. The Morgan fingerprint density at radius 1 is 1.20 bits per heavy atom. The minimum atomic E-state index is -0.200. The first-order chi connectivity index (χ1) is 7.27. The summed E-state index contributed by atoms with van der Waals surface area (Å²) in [6.07, 6.45) is 4.23. The SMILES string of the molecule is Oc1cccc(/C=N/n2cnnc2)c1O. The second-order valence-electron chi connectivity index (χ2n) is 2.80. The first kappa shape index (κ1) is 9.20. The van der Waals surface area contributed by atoms with Crippen molar-refractivity contribution >= 4 is 6.21 Å². The van der Waals surface area contributed by atoms with E-state index in [9.17, 15) is 10.2 Å². The number of phenols is 2. The number of nitrogens with zero attached hydrogens (tertiary/aromatic N) is 4. The summed E-state index contributed by atoms with van der Waals surface area (Å²) in [5, 5.41) is 29.7. The minimum absolute atomic E-state index is 0.178. The van der Waals surface area contributed by atoms with E-state index in [1.165, 1.54) is 29.6 Å². The molecule has 0 amide bonds. The van der Waals surface area contributed by atoms with Gasteiger partial charge >= 0.3 is 0 Å². The molecule has 0 bridgehead atoms. The van der Waals surface area contributed by atoms with Crippen LogP contribution in [-0.2, 0) is 0 Å². The van der Waals surface area contributed by atoms with Crippen LogP contribution in [0, 0.1) is 0 Å². The Morgan fingerprint density at radius 3 is 2.67 bits per heavy atom. The molecule has 0 fully saturated rings. The standard InChI is InChI=1S/C9H8N4O2/c14-8-3-1-2-7(9(8)15)4-12-13-5-10-11-6-13/h1-6,14-15H/b12-4+. The highest BCUT2D eigenvalue weighted by Gasteiger charge is 2.02. The first-order valence-electron chi connectivity index (χ1n) is 4.17. The number of hydrogen-bond acceptors (Lipinski definition) is 5. The van der Waals surface area contributed by atoms with E-state index in [0.29, 0.717) is 5.56 Å². The maximum absolute atomic E-state index is 9.44. The summed E-state index contributed by atoms with van der Waals surface area (Å²) in [5.41, 5.74) is 0.420. The summed E-state index contributed by atoms with van der Waals surface area (Å²) < 4.78 is 1.38. The van der Waals surface area contributed by atoms with Crippen LogP contribution in [0.25, 0.3) is 0 Å². The molecule has 1 heterocycles. The van der Waals surface area contributed by atoms with Crippen molar-refractivity contribution in [1.82, 2.24) is 14.9 Å². The van der Waals surface area contributed by atoms with E-state index < -0.39 is 0 Å². The van der Waals surface area contributed by atoms with Crippen molar-refractivity contribution < 1.29 is 10.2 Å². The molecule has 0 aliphatic heterocycles. The molecule has 15 heavy (non-hydrogen) atoms. The van der Waals surface area contributed by atoms with Crippen molar-refractivity contribution in [1.29, 1.82) is 0 Å². The molecule has 0 unspecified atom stereocenters. The molecule has 0 saturated carbocycles. The number of phenolic OH excluding ortho intramolecular Hbond substituents is 2. The van der Waals surface area contributed by atoms with Crippen LogP contribution in [0.3, 0.4) is 0 Å². The second kappa shape index (κ2) is 3.79. The second-order valence-corrected chi connectivity index (χ2v) is 2.80.